The van der Waals surface area contributed by atoms with E-state index in [1.54, 1.807) is 18.3 Å². The van der Waals surface area contributed by atoms with Gasteiger partial charge in [-0.15, -0.1) is 11.3 Å². The summed E-state index contributed by atoms with van der Waals surface area (Å²) >= 11 is 1.65. The fraction of sp³-hybridized carbons (Fsp3) is 0.389. The first-order chi connectivity index (χ1) is 10.6. The fourth-order valence-corrected chi connectivity index (χ4v) is 3.55. The zero-order valence-electron chi connectivity index (χ0n) is 13.0. The number of benzene rings is 1. The van der Waals surface area contributed by atoms with Gasteiger partial charge in [-0.1, -0.05) is 12.1 Å². The number of amides is 1. The molecule has 0 radical (unpaired) electrons. The van der Waals surface area contributed by atoms with Crippen molar-refractivity contribution in [2.45, 2.75) is 45.3 Å². The lowest BCUT2D eigenvalue weighted by Gasteiger charge is -2.18. The van der Waals surface area contributed by atoms with E-state index >= 15 is 0 Å². The summed E-state index contributed by atoms with van der Waals surface area (Å²) in [6.07, 6.45) is 2.99. The smallest absolute Gasteiger partial charge is 0.261 e. The summed E-state index contributed by atoms with van der Waals surface area (Å²) in [6.45, 7) is 3.79. The van der Waals surface area contributed by atoms with Gasteiger partial charge in [-0.25, -0.2) is 0 Å². The van der Waals surface area contributed by atoms with Crippen molar-refractivity contribution in [2.75, 3.05) is 0 Å². The molecule has 0 saturated heterocycles. The van der Waals surface area contributed by atoms with Gasteiger partial charge in [0.05, 0.1) is 6.04 Å². The van der Waals surface area contributed by atoms with Crippen LogP contribution in [0, 0.1) is 0 Å². The Bertz CT molecular complexity index is 651. The summed E-state index contributed by atoms with van der Waals surface area (Å²) in [7, 11) is 0. The number of carbonyl (C=O) groups is 1. The van der Waals surface area contributed by atoms with E-state index in [9.17, 15) is 4.79 Å². The Labute approximate surface area is 135 Å². The third kappa shape index (κ3) is 3.33. The molecule has 4 heteroatoms. The highest BCUT2D eigenvalue weighted by Gasteiger charge is 2.19. The zero-order valence-corrected chi connectivity index (χ0v) is 13.8. The van der Waals surface area contributed by atoms with Gasteiger partial charge in [0.25, 0.3) is 5.91 Å². The maximum absolute atomic E-state index is 12.3. The van der Waals surface area contributed by atoms with Crippen LogP contribution < -0.4 is 10.1 Å². The molecule has 2 unspecified atom stereocenters. The lowest BCUT2D eigenvalue weighted by molar-refractivity contribution is -0.127. The highest BCUT2D eigenvalue weighted by atomic mass is 32.1. The molecular formula is C18H21NO2S. The predicted octanol–water partition coefficient (Wildman–Crippen LogP) is 3.88. The molecule has 0 spiro atoms. The third-order valence-corrected chi connectivity index (χ3v) is 5.14. The summed E-state index contributed by atoms with van der Waals surface area (Å²) in [4.78, 5) is 13.4. The van der Waals surface area contributed by atoms with E-state index in [1.165, 1.54) is 17.5 Å². The molecule has 1 N–H and O–H groups in total. The molecule has 2 atom stereocenters. The Morgan fingerprint density at radius 1 is 1.23 bits per heavy atom. The highest BCUT2D eigenvalue weighted by molar-refractivity contribution is 7.10. The van der Waals surface area contributed by atoms with Crippen LogP contribution in [0.4, 0.5) is 0 Å². The zero-order chi connectivity index (χ0) is 15.5. The van der Waals surface area contributed by atoms with Gasteiger partial charge in [-0.05, 0) is 67.8 Å². The quantitative estimate of drug-likeness (QED) is 0.909. The van der Waals surface area contributed by atoms with Crippen molar-refractivity contribution in [3.05, 3.63) is 51.7 Å². The number of ether oxygens (including phenoxy) is 1. The van der Waals surface area contributed by atoms with Gasteiger partial charge in [-0.2, -0.15) is 0 Å². The SMILES string of the molecule is CC(Oc1ccc2c(c1)CCC2)C(=O)NC(C)c1cccs1. The third-order valence-electron chi connectivity index (χ3n) is 4.08. The largest absolute Gasteiger partial charge is 0.481 e. The summed E-state index contributed by atoms with van der Waals surface area (Å²) in [5, 5.41) is 5.02. The van der Waals surface area contributed by atoms with Crippen molar-refractivity contribution in [3.63, 3.8) is 0 Å². The van der Waals surface area contributed by atoms with Crippen LogP contribution in [0.3, 0.4) is 0 Å². The van der Waals surface area contributed by atoms with Gasteiger partial charge in [0.15, 0.2) is 6.10 Å². The fourth-order valence-electron chi connectivity index (χ4n) is 2.82. The Morgan fingerprint density at radius 2 is 2.05 bits per heavy atom. The second kappa shape index (κ2) is 6.53. The lowest BCUT2D eigenvalue weighted by atomic mass is 10.1. The average Bonchev–Trinajstić information content (AvgIpc) is 3.18. The molecule has 0 fully saturated rings. The number of fused-ring (bicyclic) bond motifs is 1. The Hall–Kier alpha value is -1.81. The maximum atomic E-state index is 12.3. The van der Waals surface area contributed by atoms with Crippen molar-refractivity contribution < 1.29 is 9.53 Å². The Kier molecular flexibility index (Phi) is 4.48. The van der Waals surface area contributed by atoms with Gasteiger partial charge in [0.2, 0.25) is 0 Å². The van der Waals surface area contributed by atoms with E-state index < -0.39 is 6.10 Å². The van der Waals surface area contributed by atoms with Crippen molar-refractivity contribution in [1.29, 1.82) is 0 Å². The molecule has 1 aliphatic carbocycles. The molecule has 116 valence electrons. The lowest BCUT2D eigenvalue weighted by Crippen LogP contribution is -2.37. The normalized spacial score (nSPS) is 15.9. The molecule has 3 nitrogen and oxygen atoms in total. The Balaban J connectivity index is 1.59. The van der Waals surface area contributed by atoms with Crippen molar-refractivity contribution in [3.8, 4) is 5.75 Å². The molecule has 0 aliphatic heterocycles. The standard InChI is InChI=1S/C18H21NO2S/c1-12(17-7-4-10-22-17)19-18(20)13(2)21-16-9-8-14-5-3-6-15(14)11-16/h4,7-13H,3,5-6H2,1-2H3,(H,19,20). The first-order valence-electron chi connectivity index (χ1n) is 7.75. The molecule has 22 heavy (non-hydrogen) atoms. The van der Waals surface area contributed by atoms with Gasteiger partial charge in [0.1, 0.15) is 5.75 Å². The summed E-state index contributed by atoms with van der Waals surface area (Å²) in [5.41, 5.74) is 2.77. The number of carbonyl (C=O) groups excluding carboxylic acids is 1. The first-order valence-corrected chi connectivity index (χ1v) is 8.63. The second-order valence-corrected chi connectivity index (χ2v) is 6.77. The Morgan fingerprint density at radius 3 is 2.82 bits per heavy atom. The van der Waals surface area contributed by atoms with Gasteiger partial charge >= 0.3 is 0 Å². The first kappa shape index (κ1) is 15.1. The minimum Gasteiger partial charge on any atom is -0.481 e. The van der Waals surface area contributed by atoms with Crippen LogP contribution in [0.5, 0.6) is 5.75 Å². The monoisotopic (exact) mass is 315 g/mol. The molecule has 1 aliphatic rings. The van der Waals surface area contributed by atoms with Crippen LogP contribution in [-0.4, -0.2) is 12.0 Å². The minimum atomic E-state index is -0.498. The van der Waals surface area contributed by atoms with Crippen LogP contribution in [0.15, 0.2) is 35.7 Å². The topological polar surface area (TPSA) is 38.3 Å². The van der Waals surface area contributed by atoms with E-state index in [0.29, 0.717) is 0 Å². The molecule has 0 saturated carbocycles. The molecule has 3 rings (SSSR count). The van der Waals surface area contributed by atoms with E-state index in [0.717, 1.165) is 23.5 Å². The van der Waals surface area contributed by atoms with E-state index in [2.05, 4.69) is 17.4 Å². The van der Waals surface area contributed by atoms with E-state index in [1.807, 2.05) is 30.5 Å². The molecular weight excluding hydrogens is 294 g/mol. The number of hydrogen-bond acceptors (Lipinski definition) is 3. The maximum Gasteiger partial charge on any atom is 0.261 e. The van der Waals surface area contributed by atoms with Crippen LogP contribution in [-0.2, 0) is 17.6 Å². The van der Waals surface area contributed by atoms with Crippen molar-refractivity contribution in [1.82, 2.24) is 5.32 Å². The van der Waals surface area contributed by atoms with Gasteiger partial charge in [-0.3, -0.25) is 4.79 Å². The average molecular weight is 315 g/mol. The van der Waals surface area contributed by atoms with E-state index in [-0.39, 0.29) is 11.9 Å². The number of nitrogens with one attached hydrogen (secondary N) is 1. The van der Waals surface area contributed by atoms with Gasteiger partial charge < -0.3 is 10.1 Å². The molecule has 0 bridgehead atoms. The van der Waals surface area contributed by atoms with Crippen LogP contribution >= 0.6 is 11.3 Å². The van der Waals surface area contributed by atoms with Crippen molar-refractivity contribution in [2.24, 2.45) is 0 Å². The minimum absolute atomic E-state index is 0.0126. The molecule has 1 aromatic heterocycles. The number of aryl methyl sites for hydroxylation is 2. The van der Waals surface area contributed by atoms with E-state index in [4.69, 9.17) is 4.74 Å². The van der Waals surface area contributed by atoms with Crippen LogP contribution in [0.1, 0.15) is 42.3 Å². The predicted molar refractivity (Wildman–Crippen MR) is 89.4 cm³/mol. The number of rotatable bonds is 5. The van der Waals surface area contributed by atoms with Crippen LogP contribution in [0.25, 0.3) is 0 Å². The summed E-state index contributed by atoms with van der Waals surface area (Å²) < 4.78 is 5.81. The van der Waals surface area contributed by atoms with Crippen molar-refractivity contribution >= 4 is 17.2 Å². The molecule has 1 aromatic carbocycles. The molecule has 2 aromatic rings. The number of hydrogen-bond donors (Lipinski definition) is 1. The summed E-state index contributed by atoms with van der Waals surface area (Å²) in [5.74, 6) is 0.702. The molecule has 1 heterocycles. The second-order valence-electron chi connectivity index (χ2n) is 5.79. The highest BCUT2D eigenvalue weighted by Crippen LogP contribution is 2.26. The van der Waals surface area contributed by atoms with Gasteiger partial charge in [0, 0.05) is 4.88 Å². The van der Waals surface area contributed by atoms with Crippen LogP contribution in [0.2, 0.25) is 0 Å². The summed E-state index contributed by atoms with van der Waals surface area (Å²) in [6, 6.07) is 10.2. The molecule has 1 amide bonds. The number of thiophene rings is 1.